The summed E-state index contributed by atoms with van der Waals surface area (Å²) in [7, 11) is 0. The zero-order valence-electron chi connectivity index (χ0n) is 14.4. The first-order chi connectivity index (χ1) is 12.8. The minimum absolute atomic E-state index is 0.529. The lowest BCUT2D eigenvalue weighted by Gasteiger charge is -2.29. The van der Waals surface area contributed by atoms with E-state index in [0.717, 1.165) is 49.2 Å². The summed E-state index contributed by atoms with van der Waals surface area (Å²) in [5, 5.41) is 6.91. The first kappa shape index (κ1) is 16.9. The average Bonchev–Trinajstić information content (AvgIpc) is 2.69. The highest BCUT2D eigenvalue weighted by Gasteiger charge is 2.13. The first-order valence-electron chi connectivity index (χ1n) is 8.68. The van der Waals surface area contributed by atoms with Crippen LogP contribution in [0.15, 0.2) is 42.5 Å². The molecule has 4 rings (SSSR count). The van der Waals surface area contributed by atoms with E-state index in [-0.39, 0.29) is 0 Å². The van der Waals surface area contributed by atoms with Crippen LogP contribution in [0.4, 0.5) is 17.1 Å². The summed E-state index contributed by atoms with van der Waals surface area (Å²) < 4.78 is 16.5. The van der Waals surface area contributed by atoms with E-state index in [4.69, 9.17) is 26.4 Å². The Labute approximate surface area is 158 Å². The summed E-state index contributed by atoms with van der Waals surface area (Å²) >= 11 is 5.41. The van der Waals surface area contributed by atoms with E-state index in [9.17, 15) is 0 Å². The number of hydrogen-bond donors (Lipinski definition) is 2. The van der Waals surface area contributed by atoms with E-state index >= 15 is 0 Å². The summed E-state index contributed by atoms with van der Waals surface area (Å²) in [4.78, 5) is 2.32. The lowest BCUT2D eigenvalue weighted by Crippen LogP contribution is -2.36. The molecule has 1 fully saturated rings. The molecule has 2 aliphatic heterocycles. The van der Waals surface area contributed by atoms with Gasteiger partial charge in [0.05, 0.1) is 13.2 Å². The van der Waals surface area contributed by atoms with Crippen molar-refractivity contribution < 1.29 is 14.2 Å². The molecule has 6 nitrogen and oxygen atoms in total. The van der Waals surface area contributed by atoms with Gasteiger partial charge in [-0.1, -0.05) is 0 Å². The van der Waals surface area contributed by atoms with Gasteiger partial charge in [0.25, 0.3) is 0 Å². The maximum Gasteiger partial charge on any atom is 0.175 e. The molecule has 2 aromatic rings. The zero-order chi connectivity index (χ0) is 17.8. The molecule has 7 heteroatoms. The topological polar surface area (TPSA) is 55.0 Å². The van der Waals surface area contributed by atoms with Gasteiger partial charge in [-0.3, -0.25) is 0 Å². The van der Waals surface area contributed by atoms with Crippen molar-refractivity contribution in [1.29, 1.82) is 0 Å². The highest BCUT2D eigenvalue weighted by atomic mass is 32.1. The van der Waals surface area contributed by atoms with Crippen LogP contribution >= 0.6 is 12.2 Å². The van der Waals surface area contributed by atoms with Gasteiger partial charge < -0.3 is 29.7 Å². The number of anilines is 3. The number of nitrogens with one attached hydrogen (secondary N) is 2. The van der Waals surface area contributed by atoms with Gasteiger partial charge in [0.1, 0.15) is 13.2 Å². The Morgan fingerprint density at radius 1 is 0.808 bits per heavy atom. The molecule has 0 radical (unpaired) electrons. The molecule has 0 amide bonds. The molecule has 2 heterocycles. The second-order valence-corrected chi connectivity index (χ2v) is 6.49. The lowest BCUT2D eigenvalue weighted by atomic mass is 10.2. The van der Waals surface area contributed by atoms with Crippen LogP contribution in [0.2, 0.25) is 0 Å². The zero-order valence-corrected chi connectivity index (χ0v) is 15.2. The van der Waals surface area contributed by atoms with Crippen molar-refractivity contribution in [3.05, 3.63) is 42.5 Å². The van der Waals surface area contributed by atoms with Crippen molar-refractivity contribution in [2.24, 2.45) is 0 Å². The number of rotatable bonds is 3. The second kappa shape index (κ2) is 7.80. The molecule has 136 valence electrons. The van der Waals surface area contributed by atoms with Crippen molar-refractivity contribution in [2.45, 2.75) is 0 Å². The molecule has 2 aliphatic rings. The predicted molar refractivity (Wildman–Crippen MR) is 107 cm³/mol. The van der Waals surface area contributed by atoms with Gasteiger partial charge in [-0.25, -0.2) is 0 Å². The Kier molecular flexibility index (Phi) is 5.08. The molecule has 0 saturated carbocycles. The number of benzene rings is 2. The van der Waals surface area contributed by atoms with Gasteiger partial charge in [-0.05, 0) is 48.6 Å². The van der Waals surface area contributed by atoms with Crippen LogP contribution in [0.25, 0.3) is 0 Å². The van der Waals surface area contributed by atoms with Crippen LogP contribution in [0.3, 0.4) is 0 Å². The maximum atomic E-state index is 5.59. The molecular weight excluding hydrogens is 350 g/mol. The van der Waals surface area contributed by atoms with E-state index in [1.165, 1.54) is 5.69 Å². The third-order valence-electron chi connectivity index (χ3n) is 4.30. The highest BCUT2D eigenvalue weighted by Crippen LogP contribution is 2.32. The standard InChI is InChI=1S/C19H21N3O3S/c26-19(21-15-3-6-17-18(13-15)25-12-11-24-17)20-14-1-4-16(5-2-14)22-7-9-23-10-8-22/h1-6,13H,7-12H2,(H2,20,21,26). The smallest absolute Gasteiger partial charge is 0.175 e. The fourth-order valence-corrected chi connectivity index (χ4v) is 3.23. The summed E-state index contributed by atoms with van der Waals surface area (Å²) in [5.41, 5.74) is 3.00. The molecule has 0 aliphatic carbocycles. The van der Waals surface area contributed by atoms with E-state index in [2.05, 4.69) is 27.7 Å². The van der Waals surface area contributed by atoms with Crippen LogP contribution in [-0.4, -0.2) is 44.6 Å². The Hall–Kier alpha value is -2.51. The van der Waals surface area contributed by atoms with Gasteiger partial charge in [-0.15, -0.1) is 0 Å². The first-order valence-corrected chi connectivity index (χ1v) is 9.09. The third-order valence-corrected chi connectivity index (χ3v) is 4.51. The second-order valence-electron chi connectivity index (χ2n) is 6.08. The maximum absolute atomic E-state index is 5.59. The normalized spacial score (nSPS) is 16.1. The van der Waals surface area contributed by atoms with Crippen molar-refractivity contribution >= 4 is 34.4 Å². The fraction of sp³-hybridized carbons (Fsp3) is 0.316. The Bertz CT molecular complexity index is 776. The molecule has 2 aromatic carbocycles. The molecule has 26 heavy (non-hydrogen) atoms. The van der Waals surface area contributed by atoms with E-state index in [1.54, 1.807) is 0 Å². The number of fused-ring (bicyclic) bond motifs is 1. The minimum atomic E-state index is 0.529. The Morgan fingerprint density at radius 3 is 2.23 bits per heavy atom. The molecule has 0 unspecified atom stereocenters. The van der Waals surface area contributed by atoms with Crippen molar-refractivity contribution in [1.82, 2.24) is 0 Å². The Morgan fingerprint density at radius 2 is 1.46 bits per heavy atom. The SMILES string of the molecule is S=C(Nc1ccc(N2CCOCC2)cc1)Nc1ccc2c(c1)OCCO2. The highest BCUT2D eigenvalue weighted by molar-refractivity contribution is 7.80. The number of hydrogen-bond acceptors (Lipinski definition) is 5. The number of morpholine rings is 1. The third kappa shape index (κ3) is 4.00. The van der Waals surface area contributed by atoms with Gasteiger partial charge in [0.15, 0.2) is 16.6 Å². The lowest BCUT2D eigenvalue weighted by molar-refractivity contribution is 0.122. The summed E-state index contributed by atoms with van der Waals surface area (Å²) in [5.74, 6) is 1.50. The van der Waals surface area contributed by atoms with Crippen molar-refractivity contribution in [3.8, 4) is 11.5 Å². The fourth-order valence-electron chi connectivity index (χ4n) is 2.99. The molecule has 1 saturated heterocycles. The van der Waals surface area contributed by atoms with Crippen LogP contribution in [0, 0.1) is 0 Å². The molecule has 0 spiro atoms. The van der Waals surface area contributed by atoms with E-state index in [0.29, 0.717) is 18.3 Å². The molecule has 0 atom stereocenters. The molecule has 0 aromatic heterocycles. The molecular formula is C19H21N3O3S. The largest absolute Gasteiger partial charge is 0.486 e. The van der Waals surface area contributed by atoms with Gasteiger partial charge in [-0.2, -0.15) is 0 Å². The van der Waals surface area contributed by atoms with Crippen LogP contribution in [0.1, 0.15) is 0 Å². The Balaban J connectivity index is 1.35. The van der Waals surface area contributed by atoms with Gasteiger partial charge >= 0.3 is 0 Å². The van der Waals surface area contributed by atoms with Crippen molar-refractivity contribution in [2.75, 3.05) is 55.1 Å². The number of thiocarbonyl (C=S) groups is 1. The minimum Gasteiger partial charge on any atom is -0.486 e. The van der Waals surface area contributed by atoms with Gasteiger partial charge in [0.2, 0.25) is 0 Å². The van der Waals surface area contributed by atoms with E-state index < -0.39 is 0 Å². The number of ether oxygens (including phenoxy) is 3. The monoisotopic (exact) mass is 371 g/mol. The van der Waals surface area contributed by atoms with Crippen LogP contribution in [0.5, 0.6) is 11.5 Å². The molecule has 0 bridgehead atoms. The summed E-state index contributed by atoms with van der Waals surface area (Å²) in [6.07, 6.45) is 0. The number of nitrogens with zero attached hydrogens (tertiary/aromatic N) is 1. The summed E-state index contributed by atoms with van der Waals surface area (Å²) in [6, 6.07) is 14.0. The average molecular weight is 371 g/mol. The summed E-state index contributed by atoms with van der Waals surface area (Å²) in [6.45, 7) is 4.57. The quantitative estimate of drug-likeness (QED) is 0.804. The predicted octanol–water partition coefficient (Wildman–Crippen LogP) is 3.10. The van der Waals surface area contributed by atoms with Crippen LogP contribution in [-0.2, 0) is 4.74 Å². The van der Waals surface area contributed by atoms with Crippen LogP contribution < -0.4 is 25.0 Å². The van der Waals surface area contributed by atoms with Crippen molar-refractivity contribution in [3.63, 3.8) is 0 Å². The van der Waals surface area contributed by atoms with E-state index in [1.807, 2.05) is 30.3 Å². The molecule has 2 N–H and O–H groups in total. The van der Waals surface area contributed by atoms with Gasteiger partial charge in [0, 0.05) is 36.2 Å².